The maximum Gasteiger partial charge on any atom is 0.315 e. The summed E-state index contributed by atoms with van der Waals surface area (Å²) >= 11 is 6.08. The van der Waals surface area contributed by atoms with Gasteiger partial charge in [0.25, 0.3) is 5.91 Å². The molecule has 0 aliphatic carbocycles. The second-order valence-electron chi connectivity index (χ2n) is 5.80. The van der Waals surface area contributed by atoms with Crippen LogP contribution >= 0.6 is 11.6 Å². The van der Waals surface area contributed by atoms with Crippen LogP contribution in [0, 0.1) is 24.0 Å². The molecule has 0 bridgehead atoms. The summed E-state index contributed by atoms with van der Waals surface area (Å²) in [7, 11) is 1.26. The molecule has 10 heteroatoms. The van der Waals surface area contributed by atoms with Gasteiger partial charge in [0.05, 0.1) is 18.2 Å². The number of phenolic OH excluding ortho intramolecular Hbond substituents is 1. The Kier molecular flexibility index (Phi) is 6.78. The number of carbonyl (C=O) groups is 1. The van der Waals surface area contributed by atoms with Gasteiger partial charge in [-0.15, -0.1) is 0 Å². The van der Waals surface area contributed by atoms with Gasteiger partial charge in [0.2, 0.25) is 5.75 Å². The lowest BCUT2D eigenvalue weighted by atomic mass is 10.1. The molecule has 2 aromatic carbocycles. The van der Waals surface area contributed by atoms with E-state index in [2.05, 4.69) is 10.5 Å². The number of amides is 1. The number of hydrogen-bond acceptors (Lipinski definition) is 7. The predicted molar refractivity (Wildman–Crippen MR) is 103 cm³/mol. The van der Waals surface area contributed by atoms with Crippen LogP contribution in [0.15, 0.2) is 29.4 Å². The van der Waals surface area contributed by atoms with Gasteiger partial charge in [0, 0.05) is 16.7 Å². The van der Waals surface area contributed by atoms with Gasteiger partial charge < -0.3 is 14.6 Å². The van der Waals surface area contributed by atoms with Crippen LogP contribution in [-0.2, 0) is 4.79 Å². The van der Waals surface area contributed by atoms with Crippen molar-refractivity contribution < 1.29 is 24.3 Å². The number of aromatic hydroxyl groups is 1. The number of nitrogens with one attached hydrogen (secondary N) is 1. The minimum atomic E-state index is -0.752. The van der Waals surface area contributed by atoms with E-state index in [9.17, 15) is 20.0 Å². The van der Waals surface area contributed by atoms with E-state index < -0.39 is 22.3 Å². The molecule has 2 N–H and O–H groups in total. The van der Waals surface area contributed by atoms with Crippen LogP contribution in [0.3, 0.4) is 0 Å². The highest BCUT2D eigenvalue weighted by Gasteiger charge is 2.19. The summed E-state index contributed by atoms with van der Waals surface area (Å²) in [5, 5.41) is 25.1. The van der Waals surface area contributed by atoms with E-state index in [-0.39, 0.29) is 17.9 Å². The summed E-state index contributed by atoms with van der Waals surface area (Å²) in [5.41, 5.74) is 3.63. The van der Waals surface area contributed by atoms with Gasteiger partial charge in [-0.1, -0.05) is 11.6 Å². The Morgan fingerprint density at radius 1 is 1.32 bits per heavy atom. The van der Waals surface area contributed by atoms with Crippen molar-refractivity contribution >= 4 is 29.4 Å². The molecule has 0 spiro atoms. The molecule has 2 aromatic rings. The molecule has 0 radical (unpaired) electrons. The lowest BCUT2D eigenvalue weighted by molar-refractivity contribution is -0.386. The van der Waals surface area contributed by atoms with Crippen LogP contribution in [0.5, 0.6) is 17.2 Å². The Bertz CT molecular complexity index is 922. The zero-order valence-electron chi connectivity index (χ0n) is 15.4. The van der Waals surface area contributed by atoms with Crippen molar-refractivity contribution in [3.05, 3.63) is 56.1 Å². The van der Waals surface area contributed by atoms with E-state index >= 15 is 0 Å². The lowest BCUT2D eigenvalue weighted by Crippen LogP contribution is -2.24. The van der Waals surface area contributed by atoms with Gasteiger partial charge in [-0.25, -0.2) is 5.43 Å². The Morgan fingerprint density at radius 2 is 1.96 bits per heavy atom. The molecule has 0 aliphatic heterocycles. The standard InChI is InChI=1S/C18H18ClN3O6/c1-10-4-13(5-11(2)17(10)19)28-9-16(23)21-20-8-12-6-14(22(25)26)18(24)15(7-12)27-3/h4-8,24H,9H2,1-3H3,(H,21,23)/b20-8-. The lowest BCUT2D eigenvalue weighted by Gasteiger charge is -2.09. The van der Waals surface area contributed by atoms with Gasteiger partial charge in [-0.05, 0) is 43.2 Å². The number of aryl methyl sites for hydroxylation is 2. The van der Waals surface area contributed by atoms with Crippen LogP contribution < -0.4 is 14.9 Å². The fraction of sp³-hybridized carbons (Fsp3) is 0.222. The monoisotopic (exact) mass is 407 g/mol. The van der Waals surface area contributed by atoms with Crippen molar-refractivity contribution in [2.75, 3.05) is 13.7 Å². The zero-order chi connectivity index (χ0) is 20.8. The molecule has 1 amide bonds. The van der Waals surface area contributed by atoms with E-state index in [0.717, 1.165) is 17.2 Å². The summed E-state index contributed by atoms with van der Waals surface area (Å²) < 4.78 is 10.3. The Hall–Kier alpha value is -3.33. The average Bonchev–Trinajstić information content (AvgIpc) is 2.65. The van der Waals surface area contributed by atoms with Crippen LogP contribution in [0.25, 0.3) is 0 Å². The van der Waals surface area contributed by atoms with E-state index in [4.69, 9.17) is 21.1 Å². The molecule has 0 aromatic heterocycles. The summed E-state index contributed by atoms with van der Waals surface area (Å²) in [4.78, 5) is 22.1. The van der Waals surface area contributed by atoms with Crippen LogP contribution in [0.2, 0.25) is 5.02 Å². The fourth-order valence-corrected chi connectivity index (χ4v) is 2.44. The number of halogens is 1. The second kappa shape index (κ2) is 9.05. The molecular formula is C18H18ClN3O6. The molecule has 0 saturated heterocycles. The number of nitro benzene ring substituents is 1. The number of ether oxygens (including phenoxy) is 2. The highest BCUT2D eigenvalue weighted by Crippen LogP contribution is 2.36. The molecule has 148 valence electrons. The number of rotatable bonds is 7. The van der Waals surface area contributed by atoms with Gasteiger partial charge in [-0.3, -0.25) is 14.9 Å². The number of methoxy groups -OCH3 is 1. The minimum absolute atomic E-state index is 0.0845. The summed E-state index contributed by atoms with van der Waals surface area (Å²) in [6.07, 6.45) is 1.18. The first-order chi connectivity index (χ1) is 13.2. The number of phenols is 1. The molecule has 0 saturated carbocycles. The van der Waals surface area contributed by atoms with E-state index in [0.29, 0.717) is 10.8 Å². The molecular weight excluding hydrogens is 390 g/mol. The minimum Gasteiger partial charge on any atom is -0.500 e. The number of carbonyl (C=O) groups excluding carboxylic acids is 1. The van der Waals surface area contributed by atoms with Crippen molar-refractivity contribution in [2.45, 2.75) is 13.8 Å². The third-order valence-electron chi connectivity index (χ3n) is 3.68. The third kappa shape index (κ3) is 5.10. The van der Waals surface area contributed by atoms with Crippen molar-refractivity contribution in [1.82, 2.24) is 5.43 Å². The van der Waals surface area contributed by atoms with Gasteiger partial charge >= 0.3 is 5.69 Å². The Balaban J connectivity index is 2.00. The van der Waals surface area contributed by atoms with Gasteiger partial charge in [0.1, 0.15) is 5.75 Å². The Morgan fingerprint density at radius 3 is 2.54 bits per heavy atom. The first-order valence-electron chi connectivity index (χ1n) is 7.99. The molecule has 0 unspecified atom stereocenters. The van der Waals surface area contributed by atoms with E-state index in [1.807, 2.05) is 13.8 Å². The molecule has 0 atom stereocenters. The van der Waals surface area contributed by atoms with E-state index in [1.54, 1.807) is 12.1 Å². The van der Waals surface area contributed by atoms with Crippen LogP contribution in [-0.4, -0.2) is 35.9 Å². The third-order valence-corrected chi connectivity index (χ3v) is 4.27. The smallest absolute Gasteiger partial charge is 0.315 e. The van der Waals surface area contributed by atoms with Gasteiger partial charge in [-0.2, -0.15) is 5.10 Å². The molecule has 2 rings (SSSR count). The summed E-state index contributed by atoms with van der Waals surface area (Å²) in [5.74, 6) is -0.700. The number of benzene rings is 2. The van der Waals surface area contributed by atoms with Crippen molar-refractivity contribution in [3.63, 3.8) is 0 Å². The largest absolute Gasteiger partial charge is 0.500 e. The van der Waals surface area contributed by atoms with Crippen molar-refractivity contribution in [1.29, 1.82) is 0 Å². The highest BCUT2D eigenvalue weighted by molar-refractivity contribution is 6.32. The topological polar surface area (TPSA) is 123 Å². The maximum atomic E-state index is 11.8. The summed E-state index contributed by atoms with van der Waals surface area (Å²) in [6, 6.07) is 5.87. The SMILES string of the molecule is COc1cc(/C=N\NC(=O)COc2cc(C)c(Cl)c(C)c2)cc([N+](=O)[O-])c1O. The fourth-order valence-electron chi connectivity index (χ4n) is 2.33. The quantitative estimate of drug-likeness (QED) is 0.413. The number of nitro groups is 1. The van der Waals surface area contributed by atoms with Gasteiger partial charge in [0.15, 0.2) is 12.4 Å². The second-order valence-corrected chi connectivity index (χ2v) is 6.18. The molecule has 0 aliphatic rings. The maximum absolute atomic E-state index is 11.8. The zero-order valence-corrected chi connectivity index (χ0v) is 16.1. The van der Waals surface area contributed by atoms with Crippen molar-refractivity contribution in [3.8, 4) is 17.2 Å². The van der Waals surface area contributed by atoms with Crippen molar-refractivity contribution in [2.24, 2.45) is 5.10 Å². The Labute approximate surface area is 165 Å². The molecule has 28 heavy (non-hydrogen) atoms. The molecule has 9 nitrogen and oxygen atoms in total. The molecule has 0 heterocycles. The summed E-state index contributed by atoms with van der Waals surface area (Å²) in [6.45, 7) is 3.38. The first kappa shape index (κ1) is 21.0. The van der Waals surface area contributed by atoms with Crippen LogP contribution in [0.1, 0.15) is 16.7 Å². The average molecular weight is 408 g/mol. The highest BCUT2D eigenvalue weighted by atomic mass is 35.5. The molecule has 0 fully saturated rings. The predicted octanol–water partition coefficient (Wildman–Crippen LogP) is 3.11. The number of hydrogen-bond donors (Lipinski definition) is 2. The number of nitrogens with zero attached hydrogens (tertiary/aromatic N) is 2. The first-order valence-corrected chi connectivity index (χ1v) is 8.37. The number of hydrazone groups is 1. The van der Waals surface area contributed by atoms with Crippen LogP contribution in [0.4, 0.5) is 5.69 Å². The normalized spacial score (nSPS) is 10.7. The van der Waals surface area contributed by atoms with E-state index in [1.165, 1.54) is 19.4 Å².